The van der Waals surface area contributed by atoms with Crippen molar-refractivity contribution in [3.8, 4) is 5.69 Å². The van der Waals surface area contributed by atoms with Gasteiger partial charge in [0.1, 0.15) is 11.5 Å². The molecule has 3 aromatic heterocycles. The number of rotatable bonds is 8. The number of thiophene rings is 1. The normalized spacial score (nSPS) is 14.3. The van der Waals surface area contributed by atoms with E-state index in [2.05, 4.69) is 37.6 Å². The molecule has 1 amide bonds. The molecular formula is C26H30N6O2S2. The Morgan fingerprint density at radius 1 is 1.11 bits per heavy atom. The molecule has 0 saturated heterocycles. The SMILES string of the molecule is Cc1c(NC(=O)CSc2nnc(Cc3cccs3)n2C2CCCCC2)c(=O)n(-c2ccccc2)n1C. The molecule has 1 saturated carbocycles. The van der Waals surface area contributed by atoms with E-state index in [1.165, 1.54) is 35.9 Å². The summed E-state index contributed by atoms with van der Waals surface area (Å²) in [6.07, 6.45) is 6.63. The highest BCUT2D eigenvalue weighted by molar-refractivity contribution is 7.99. The monoisotopic (exact) mass is 522 g/mol. The fourth-order valence-corrected chi connectivity index (χ4v) is 6.35. The van der Waals surface area contributed by atoms with Crippen molar-refractivity contribution in [2.75, 3.05) is 11.1 Å². The minimum absolute atomic E-state index is 0.156. The number of benzene rings is 1. The van der Waals surface area contributed by atoms with Crippen LogP contribution in [0.5, 0.6) is 0 Å². The van der Waals surface area contributed by atoms with E-state index >= 15 is 0 Å². The standard InChI is InChI=1S/C26H30N6O2S2/c1-18-24(25(34)32(30(18)2)20-12-7-4-8-13-20)27-23(33)17-36-26-29-28-22(16-21-14-9-15-35-21)31(26)19-10-5-3-6-11-19/h4,7-9,12-15,19H,3,5-6,10-11,16-17H2,1-2H3,(H,27,33). The second-order valence-corrected chi connectivity index (χ2v) is 11.1. The van der Waals surface area contributed by atoms with Gasteiger partial charge in [-0.3, -0.25) is 14.3 Å². The molecule has 1 fully saturated rings. The number of nitrogens with one attached hydrogen (secondary N) is 1. The molecule has 3 heterocycles. The van der Waals surface area contributed by atoms with E-state index in [1.54, 1.807) is 20.7 Å². The second kappa shape index (κ2) is 10.9. The second-order valence-electron chi connectivity index (χ2n) is 9.09. The van der Waals surface area contributed by atoms with Crippen LogP contribution >= 0.6 is 23.1 Å². The highest BCUT2D eigenvalue weighted by Crippen LogP contribution is 2.33. The Morgan fingerprint density at radius 3 is 2.61 bits per heavy atom. The van der Waals surface area contributed by atoms with E-state index < -0.39 is 0 Å². The largest absolute Gasteiger partial charge is 0.319 e. The van der Waals surface area contributed by atoms with Crippen LogP contribution in [-0.2, 0) is 18.3 Å². The molecule has 0 atom stereocenters. The first-order valence-corrected chi connectivity index (χ1v) is 14.1. The van der Waals surface area contributed by atoms with Gasteiger partial charge in [-0.1, -0.05) is 55.3 Å². The zero-order valence-corrected chi connectivity index (χ0v) is 22.1. The van der Waals surface area contributed by atoms with E-state index in [0.29, 0.717) is 17.4 Å². The third-order valence-corrected chi connectivity index (χ3v) is 8.56. The molecule has 4 aromatic rings. The molecule has 10 heteroatoms. The molecule has 1 aliphatic rings. The van der Waals surface area contributed by atoms with Gasteiger partial charge in [-0.05, 0) is 43.3 Å². The highest BCUT2D eigenvalue weighted by atomic mass is 32.2. The third-order valence-electron chi connectivity index (χ3n) is 6.74. The van der Waals surface area contributed by atoms with Crippen LogP contribution in [0.1, 0.15) is 54.5 Å². The molecule has 188 valence electrons. The van der Waals surface area contributed by atoms with E-state index in [0.717, 1.165) is 35.9 Å². The number of hydrogen-bond acceptors (Lipinski definition) is 6. The molecule has 1 aliphatic carbocycles. The van der Waals surface area contributed by atoms with Crippen molar-refractivity contribution in [1.29, 1.82) is 0 Å². The minimum atomic E-state index is -0.247. The van der Waals surface area contributed by atoms with Crippen LogP contribution in [0.15, 0.2) is 57.8 Å². The first-order valence-electron chi connectivity index (χ1n) is 12.3. The van der Waals surface area contributed by atoms with Gasteiger partial charge >= 0.3 is 0 Å². The van der Waals surface area contributed by atoms with Crippen LogP contribution in [0.4, 0.5) is 5.69 Å². The summed E-state index contributed by atoms with van der Waals surface area (Å²) in [5.74, 6) is 0.879. The number of aromatic nitrogens is 5. The maximum absolute atomic E-state index is 13.1. The van der Waals surface area contributed by atoms with Gasteiger partial charge in [0.15, 0.2) is 5.16 Å². The van der Waals surface area contributed by atoms with Crippen molar-refractivity contribution in [1.82, 2.24) is 24.1 Å². The Hall–Kier alpha value is -3.11. The molecule has 0 aliphatic heterocycles. The third kappa shape index (κ3) is 5.05. The lowest BCUT2D eigenvalue weighted by Gasteiger charge is -2.25. The Labute approximate surface area is 218 Å². The van der Waals surface area contributed by atoms with Gasteiger partial charge in [-0.2, -0.15) is 0 Å². The summed E-state index contributed by atoms with van der Waals surface area (Å²) in [4.78, 5) is 27.3. The fourth-order valence-electron chi connectivity index (χ4n) is 4.82. The van der Waals surface area contributed by atoms with Gasteiger partial charge in [0.2, 0.25) is 5.91 Å². The molecule has 8 nitrogen and oxygen atoms in total. The molecule has 1 aromatic carbocycles. The topological polar surface area (TPSA) is 86.7 Å². The van der Waals surface area contributed by atoms with Crippen molar-refractivity contribution in [2.45, 2.75) is 56.6 Å². The van der Waals surface area contributed by atoms with Crippen LogP contribution in [0.25, 0.3) is 5.69 Å². The number of anilines is 1. The average Bonchev–Trinajstić information content (AvgIpc) is 3.61. The van der Waals surface area contributed by atoms with Crippen molar-refractivity contribution in [2.24, 2.45) is 7.05 Å². The number of para-hydroxylation sites is 1. The predicted octanol–water partition coefficient (Wildman–Crippen LogP) is 4.96. The van der Waals surface area contributed by atoms with Crippen molar-refractivity contribution >= 4 is 34.7 Å². The molecule has 0 spiro atoms. The quantitative estimate of drug-likeness (QED) is 0.331. The molecular weight excluding hydrogens is 492 g/mol. The lowest BCUT2D eigenvalue weighted by molar-refractivity contribution is -0.113. The molecule has 0 bridgehead atoms. The molecule has 1 N–H and O–H groups in total. The summed E-state index contributed by atoms with van der Waals surface area (Å²) in [6.45, 7) is 1.83. The number of carbonyl (C=O) groups is 1. The van der Waals surface area contributed by atoms with Gasteiger partial charge in [0.05, 0.1) is 17.1 Å². The Balaban J connectivity index is 1.33. The van der Waals surface area contributed by atoms with Crippen LogP contribution in [0, 0.1) is 6.92 Å². The lowest BCUT2D eigenvalue weighted by Crippen LogP contribution is -2.24. The maximum atomic E-state index is 13.1. The summed E-state index contributed by atoms with van der Waals surface area (Å²) in [6, 6.07) is 13.9. The number of amides is 1. The van der Waals surface area contributed by atoms with E-state index in [9.17, 15) is 9.59 Å². The smallest absolute Gasteiger partial charge is 0.295 e. The molecule has 36 heavy (non-hydrogen) atoms. The summed E-state index contributed by atoms with van der Waals surface area (Å²) < 4.78 is 5.58. The Bertz CT molecular complexity index is 1380. The predicted molar refractivity (Wildman–Crippen MR) is 144 cm³/mol. The van der Waals surface area contributed by atoms with Gasteiger partial charge in [0.25, 0.3) is 5.56 Å². The Morgan fingerprint density at radius 2 is 1.89 bits per heavy atom. The minimum Gasteiger partial charge on any atom is -0.319 e. The van der Waals surface area contributed by atoms with Crippen molar-refractivity contribution < 1.29 is 4.79 Å². The summed E-state index contributed by atoms with van der Waals surface area (Å²) in [5.41, 5.74) is 1.51. The zero-order valence-electron chi connectivity index (χ0n) is 20.5. The summed E-state index contributed by atoms with van der Waals surface area (Å²) in [5, 5.41) is 14.7. The zero-order chi connectivity index (χ0) is 25.1. The summed E-state index contributed by atoms with van der Waals surface area (Å²) >= 11 is 3.11. The van der Waals surface area contributed by atoms with Crippen LogP contribution in [-0.4, -0.2) is 35.8 Å². The first-order chi connectivity index (χ1) is 17.5. The van der Waals surface area contributed by atoms with E-state index in [1.807, 2.05) is 44.3 Å². The molecule has 5 rings (SSSR count). The van der Waals surface area contributed by atoms with Crippen LogP contribution < -0.4 is 10.9 Å². The van der Waals surface area contributed by atoms with Crippen molar-refractivity contribution in [3.63, 3.8) is 0 Å². The van der Waals surface area contributed by atoms with E-state index in [-0.39, 0.29) is 17.2 Å². The fraction of sp³-hybridized carbons (Fsp3) is 0.385. The van der Waals surface area contributed by atoms with Gasteiger partial charge in [0, 0.05) is 24.4 Å². The van der Waals surface area contributed by atoms with Crippen LogP contribution in [0.3, 0.4) is 0 Å². The number of carbonyl (C=O) groups excluding carboxylic acids is 1. The van der Waals surface area contributed by atoms with E-state index in [4.69, 9.17) is 0 Å². The van der Waals surface area contributed by atoms with Crippen molar-refractivity contribution in [3.05, 3.63) is 74.6 Å². The summed E-state index contributed by atoms with van der Waals surface area (Å²) in [7, 11) is 1.82. The van der Waals surface area contributed by atoms with Gasteiger partial charge < -0.3 is 9.88 Å². The number of nitrogens with zero attached hydrogens (tertiary/aromatic N) is 5. The highest BCUT2D eigenvalue weighted by Gasteiger charge is 2.24. The molecule has 0 radical (unpaired) electrons. The maximum Gasteiger partial charge on any atom is 0.295 e. The average molecular weight is 523 g/mol. The first kappa shape index (κ1) is 24.6. The van der Waals surface area contributed by atoms with Gasteiger partial charge in [-0.15, -0.1) is 21.5 Å². The Kier molecular flexibility index (Phi) is 7.43. The van der Waals surface area contributed by atoms with Crippen LogP contribution in [0.2, 0.25) is 0 Å². The van der Waals surface area contributed by atoms with Gasteiger partial charge in [-0.25, -0.2) is 4.68 Å². The number of hydrogen-bond donors (Lipinski definition) is 1. The number of thioether (sulfide) groups is 1. The lowest BCUT2D eigenvalue weighted by atomic mass is 9.95. The molecule has 0 unspecified atom stereocenters.